The Kier molecular flexibility index (Phi) is 5.07. The van der Waals surface area contributed by atoms with Gasteiger partial charge in [-0.25, -0.2) is 0 Å². The maximum absolute atomic E-state index is 12.1. The lowest BCUT2D eigenvalue weighted by molar-refractivity contribution is 0.0953. The minimum Gasteiger partial charge on any atom is -0.352 e. The van der Waals surface area contributed by atoms with E-state index in [4.69, 9.17) is 0 Å². The first-order chi connectivity index (χ1) is 9.06. The number of rotatable bonds is 4. The molecule has 1 N–H and O–H groups in total. The fourth-order valence-corrected chi connectivity index (χ4v) is 3.42. The second kappa shape index (κ2) is 6.59. The van der Waals surface area contributed by atoms with Crippen LogP contribution in [0.1, 0.15) is 20.8 Å². The van der Waals surface area contributed by atoms with Crippen molar-refractivity contribution in [1.29, 1.82) is 0 Å². The number of nitrogens with one attached hydrogen (secondary N) is 1. The molecule has 0 unspecified atom stereocenters. The molecule has 0 saturated carbocycles. The minimum absolute atomic E-state index is 0.0379. The van der Waals surface area contributed by atoms with E-state index >= 15 is 0 Å². The lowest BCUT2D eigenvalue weighted by atomic mass is 10.1. The summed E-state index contributed by atoms with van der Waals surface area (Å²) in [5.74, 6) is -0.0379. The first-order valence-electron chi connectivity index (χ1n) is 5.88. The summed E-state index contributed by atoms with van der Waals surface area (Å²) in [5, 5.41) is 2.94. The number of thiophene rings is 1. The maximum Gasteiger partial charge on any atom is 0.251 e. The van der Waals surface area contributed by atoms with Crippen molar-refractivity contribution in [3.05, 3.63) is 50.1 Å². The van der Waals surface area contributed by atoms with Crippen LogP contribution in [-0.2, 0) is 6.42 Å². The van der Waals surface area contributed by atoms with Crippen LogP contribution in [0.4, 0.5) is 0 Å². The highest BCUT2D eigenvalue weighted by Gasteiger charge is 2.08. The van der Waals surface area contributed by atoms with Crippen molar-refractivity contribution in [1.82, 2.24) is 5.32 Å². The van der Waals surface area contributed by atoms with E-state index in [0.717, 1.165) is 20.7 Å². The molecule has 2 aromatic rings. The van der Waals surface area contributed by atoms with E-state index in [1.807, 2.05) is 25.1 Å². The van der Waals surface area contributed by atoms with Crippen molar-refractivity contribution in [2.24, 2.45) is 0 Å². The number of thiol groups is 1. The second-order valence-electron chi connectivity index (χ2n) is 4.21. The predicted octanol–water partition coefficient (Wildman–Crippen LogP) is 4.08. The fraction of sp³-hybridized carbons (Fsp3) is 0.214. The van der Waals surface area contributed by atoms with Crippen molar-refractivity contribution in [3.63, 3.8) is 0 Å². The molecule has 0 aliphatic heterocycles. The van der Waals surface area contributed by atoms with Gasteiger partial charge in [0, 0.05) is 21.9 Å². The van der Waals surface area contributed by atoms with Gasteiger partial charge in [0.1, 0.15) is 0 Å². The quantitative estimate of drug-likeness (QED) is 0.795. The smallest absolute Gasteiger partial charge is 0.251 e. The third kappa shape index (κ3) is 4.09. The zero-order valence-corrected chi connectivity index (χ0v) is 13.7. The first kappa shape index (κ1) is 14.6. The second-order valence-corrected chi connectivity index (χ2v) is 7.27. The summed E-state index contributed by atoms with van der Waals surface area (Å²) in [6.45, 7) is 2.57. The third-order valence-corrected chi connectivity index (χ3v) is 4.71. The van der Waals surface area contributed by atoms with Crippen molar-refractivity contribution in [2.45, 2.75) is 18.2 Å². The van der Waals surface area contributed by atoms with Gasteiger partial charge >= 0.3 is 0 Å². The Morgan fingerprint density at radius 1 is 1.37 bits per heavy atom. The van der Waals surface area contributed by atoms with Crippen molar-refractivity contribution in [3.8, 4) is 0 Å². The van der Waals surface area contributed by atoms with E-state index < -0.39 is 0 Å². The summed E-state index contributed by atoms with van der Waals surface area (Å²) in [5.41, 5.74) is 1.66. The SMILES string of the molecule is Cc1ccc(S)cc1C(=O)NCCc1ccc(Br)s1. The van der Waals surface area contributed by atoms with Crippen molar-refractivity contribution in [2.75, 3.05) is 6.54 Å². The molecule has 1 amide bonds. The minimum atomic E-state index is -0.0379. The molecule has 0 spiro atoms. The highest BCUT2D eigenvalue weighted by molar-refractivity contribution is 9.11. The van der Waals surface area contributed by atoms with Crippen LogP contribution in [-0.4, -0.2) is 12.5 Å². The van der Waals surface area contributed by atoms with Gasteiger partial charge in [0.2, 0.25) is 0 Å². The number of benzene rings is 1. The fourth-order valence-electron chi connectivity index (χ4n) is 1.74. The molecule has 0 fully saturated rings. The molecule has 5 heteroatoms. The van der Waals surface area contributed by atoms with Gasteiger partial charge in [-0.3, -0.25) is 4.79 Å². The zero-order valence-electron chi connectivity index (χ0n) is 10.4. The van der Waals surface area contributed by atoms with E-state index in [0.29, 0.717) is 12.1 Å². The van der Waals surface area contributed by atoms with Gasteiger partial charge in [-0.1, -0.05) is 6.07 Å². The van der Waals surface area contributed by atoms with Gasteiger partial charge in [0.25, 0.3) is 5.91 Å². The molecular formula is C14H14BrNOS2. The van der Waals surface area contributed by atoms with Crippen LogP contribution >= 0.6 is 39.9 Å². The summed E-state index contributed by atoms with van der Waals surface area (Å²) >= 11 is 9.39. The Bertz CT molecular complexity index is 595. The van der Waals surface area contributed by atoms with E-state index in [-0.39, 0.29) is 5.91 Å². The monoisotopic (exact) mass is 355 g/mol. The normalized spacial score (nSPS) is 10.5. The van der Waals surface area contributed by atoms with Gasteiger partial charge in [0.05, 0.1) is 3.79 Å². The highest BCUT2D eigenvalue weighted by atomic mass is 79.9. The summed E-state index contributed by atoms with van der Waals surface area (Å²) in [6, 6.07) is 9.69. The Labute approximate surface area is 130 Å². The maximum atomic E-state index is 12.1. The molecule has 0 bridgehead atoms. The predicted molar refractivity (Wildman–Crippen MR) is 86.5 cm³/mol. The molecule has 0 atom stereocenters. The molecule has 19 heavy (non-hydrogen) atoms. The number of amides is 1. The standard InChI is InChI=1S/C14H14BrNOS2/c1-9-2-3-10(18)8-12(9)14(17)16-7-6-11-4-5-13(15)19-11/h2-5,8,18H,6-7H2,1H3,(H,16,17). The number of carbonyl (C=O) groups excluding carboxylic acids is 1. The first-order valence-corrected chi connectivity index (χ1v) is 7.94. The third-order valence-electron chi connectivity index (χ3n) is 2.75. The lowest BCUT2D eigenvalue weighted by Gasteiger charge is -2.07. The molecule has 0 radical (unpaired) electrons. The summed E-state index contributed by atoms with van der Waals surface area (Å²) < 4.78 is 1.12. The Morgan fingerprint density at radius 3 is 2.84 bits per heavy atom. The Morgan fingerprint density at radius 2 is 2.16 bits per heavy atom. The van der Waals surface area contributed by atoms with Gasteiger partial charge in [0.15, 0.2) is 0 Å². The Balaban J connectivity index is 1.92. The molecule has 1 aromatic heterocycles. The molecule has 100 valence electrons. The number of carbonyl (C=O) groups is 1. The topological polar surface area (TPSA) is 29.1 Å². The molecular weight excluding hydrogens is 342 g/mol. The number of aryl methyl sites for hydroxylation is 1. The van der Waals surface area contributed by atoms with Gasteiger partial charge in [-0.15, -0.1) is 24.0 Å². The van der Waals surface area contributed by atoms with Crippen LogP contribution in [0.15, 0.2) is 39.0 Å². The lowest BCUT2D eigenvalue weighted by Crippen LogP contribution is -2.26. The van der Waals surface area contributed by atoms with Crippen LogP contribution in [0.2, 0.25) is 0 Å². The molecule has 0 saturated heterocycles. The number of hydrogen-bond donors (Lipinski definition) is 2. The van der Waals surface area contributed by atoms with E-state index in [2.05, 4.69) is 39.9 Å². The average Bonchev–Trinajstić information content (AvgIpc) is 2.78. The van der Waals surface area contributed by atoms with Crippen molar-refractivity contribution >= 4 is 45.8 Å². The van der Waals surface area contributed by atoms with Crippen LogP contribution in [0, 0.1) is 6.92 Å². The molecule has 2 rings (SSSR count). The van der Waals surface area contributed by atoms with Crippen LogP contribution in [0.3, 0.4) is 0 Å². The van der Waals surface area contributed by atoms with Crippen LogP contribution in [0.25, 0.3) is 0 Å². The highest BCUT2D eigenvalue weighted by Crippen LogP contribution is 2.22. The molecule has 1 heterocycles. The van der Waals surface area contributed by atoms with Crippen molar-refractivity contribution < 1.29 is 4.79 Å². The number of hydrogen-bond acceptors (Lipinski definition) is 3. The summed E-state index contributed by atoms with van der Waals surface area (Å²) in [4.78, 5) is 14.1. The van der Waals surface area contributed by atoms with Gasteiger partial charge < -0.3 is 5.32 Å². The Hall–Kier alpha value is -0.780. The largest absolute Gasteiger partial charge is 0.352 e. The van der Waals surface area contributed by atoms with Crippen LogP contribution < -0.4 is 5.32 Å². The van der Waals surface area contributed by atoms with E-state index in [1.54, 1.807) is 17.4 Å². The van der Waals surface area contributed by atoms with E-state index in [1.165, 1.54) is 4.88 Å². The average molecular weight is 356 g/mol. The van der Waals surface area contributed by atoms with E-state index in [9.17, 15) is 4.79 Å². The molecule has 0 aliphatic rings. The van der Waals surface area contributed by atoms with Gasteiger partial charge in [-0.05, 0) is 59.1 Å². The summed E-state index contributed by atoms with van der Waals surface area (Å²) in [6.07, 6.45) is 0.849. The van der Waals surface area contributed by atoms with Crippen LogP contribution in [0.5, 0.6) is 0 Å². The van der Waals surface area contributed by atoms with Gasteiger partial charge in [-0.2, -0.15) is 0 Å². The zero-order chi connectivity index (χ0) is 13.8. The summed E-state index contributed by atoms with van der Waals surface area (Å²) in [7, 11) is 0. The molecule has 0 aliphatic carbocycles. The molecule has 1 aromatic carbocycles. The molecule has 2 nitrogen and oxygen atoms in total. The number of halogens is 1.